The van der Waals surface area contributed by atoms with Gasteiger partial charge in [0.25, 0.3) is 0 Å². The van der Waals surface area contributed by atoms with Gasteiger partial charge in [-0.15, -0.1) is 0 Å². The smallest absolute Gasteiger partial charge is 0.133 e. The molecule has 4 nitrogen and oxygen atoms in total. The molecule has 0 radical (unpaired) electrons. The minimum Gasteiger partial charge on any atom is -0.370 e. The summed E-state index contributed by atoms with van der Waals surface area (Å²) in [7, 11) is 0. The Labute approximate surface area is 108 Å². The molecule has 0 aliphatic rings. The van der Waals surface area contributed by atoms with E-state index in [9.17, 15) is 0 Å². The lowest BCUT2D eigenvalue weighted by molar-refractivity contribution is 0.902. The van der Waals surface area contributed by atoms with Crippen molar-refractivity contribution in [3.8, 4) is 11.3 Å². The summed E-state index contributed by atoms with van der Waals surface area (Å²) in [6, 6.07) is 3.97. The van der Waals surface area contributed by atoms with Crippen LogP contribution in [0.5, 0.6) is 0 Å². The zero-order valence-electron chi connectivity index (χ0n) is 10.8. The summed E-state index contributed by atoms with van der Waals surface area (Å²) in [6.07, 6.45) is 7.25. The minimum atomic E-state index is 0.865. The fourth-order valence-corrected chi connectivity index (χ4v) is 1.98. The highest BCUT2D eigenvalue weighted by molar-refractivity contribution is 5.67. The SMILES string of the molecule is CCCc1c(NCC)ncnc1-c1ccncc1. The summed E-state index contributed by atoms with van der Waals surface area (Å²) in [4.78, 5) is 12.8. The first-order chi connectivity index (χ1) is 8.86. The number of hydrogen-bond donors (Lipinski definition) is 1. The Morgan fingerprint density at radius 1 is 1.11 bits per heavy atom. The van der Waals surface area contributed by atoms with Gasteiger partial charge in [0, 0.05) is 30.1 Å². The van der Waals surface area contributed by atoms with Crippen LogP contribution in [0.2, 0.25) is 0 Å². The lowest BCUT2D eigenvalue weighted by atomic mass is 10.0. The fraction of sp³-hybridized carbons (Fsp3) is 0.357. The molecule has 2 rings (SSSR count). The average Bonchev–Trinajstić information content (AvgIpc) is 2.42. The van der Waals surface area contributed by atoms with Crippen LogP contribution in [0.4, 0.5) is 5.82 Å². The van der Waals surface area contributed by atoms with Gasteiger partial charge in [0.15, 0.2) is 0 Å². The van der Waals surface area contributed by atoms with E-state index in [0.29, 0.717) is 0 Å². The maximum absolute atomic E-state index is 4.43. The molecular weight excluding hydrogens is 224 g/mol. The van der Waals surface area contributed by atoms with Crippen molar-refractivity contribution in [1.82, 2.24) is 15.0 Å². The van der Waals surface area contributed by atoms with Gasteiger partial charge in [0.05, 0.1) is 5.69 Å². The second-order valence-corrected chi connectivity index (χ2v) is 4.07. The van der Waals surface area contributed by atoms with Crippen molar-refractivity contribution in [3.05, 3.63) is 36.4 Å². The molecule has 0 unspecified atom stereocenters. The van der Waals surface area contributed by atoms with Crippen molar-refractivity contribution in [2.45, 2.75) is 26.7 Å². The molecule has 4 heteroatoms. The molecule has 2 aromatic rings. The molecular formula is C14H18N4. The molecule has 2 aromatic heterocycles. The van der Waals surface area contributed by atoms with Crippen LogP contribution in [-0.2, 0) is 6.42 Å². The third kappa shape index (κ3) is 2.64. The van der Waals surface area contributed by atoms with E-state index >= 15 is 0 Å². The van der Waals surface area contributed by atoms with Crippen LogP contribution in [0, 0.1) is 0 Å². The molecule has 0 aromatic carbocycles. The van der Waals surface area contributed by atoms with Crippen LogP contribution >= 0.6 is 0 Å². The van der Waals surface area contributed by atoms with Crippen molar-refractivity contribution in [1.29, 1.82) is 0 Å². The Hall–Kier alpha value is -1.97. The molecule has 1 N–H and O–H groups in total. The van der Waals surface area contributed by atoms with Gasteiger partial charge in [-0.3, -0.25) is 4.98 Å². The number of rotatable bonds is 5. The summed E-state index contributed by atoms with van der Waals surface area (Å²) in [5.41, 5.74) is 3.29. The third-order valence-corrected chi connectivity index (χ3v) is 2.74. The number of pyridine rings is 1. The standard InChI is InChI=1S/C14H18N4/c1-3-5-12-13(11-6-8-15-9-7-11)17-10-18-14(12)16-4-2/h6-10H,3-5H2,1-2H3,(H,16,17,18). The maximum Gasteiger partial charge on any atom is 0.133 e. The van der Waals surface area contributed by atoms with E-state index in [1.807, 2.05) is 12.1 Å². The fourth-order valence-electron chi connectivity index (χ4n) is 1.98. The highest BCUT2D eigenvalue weighted by Crippen LogP contribution is 2.26. The van der Waals surface area contributed by atoms with Crippen LogP contribution in [0.1, 0.15) is 25.8 Å². The Morgan fingerprint density at radius 3 is 2.56 bits per heavy atom. The maximum atomic E-state index is 4.43. The third-order valence-electron chi connectivity index (χ3n) is 2.74. The van der Waals surface area contributed by atoms with Gasteiger partial charge in [-0.25, -0.2) is 9.97 Å². The Balaban J connectivity index is 2.49. The van der Waals surface area contributed by atoms with Gasteiger partial charge in [-0.2, -0.15) is 0 Å². The summed E-state index contributed by atoms with van der Waals surface area (Å²) >= 11 is 0. The normalized spacial score (nSPS) is 10.3. The highest BCUT2D eigenvalue weighted by Gasteiger charge is 2.11. The lowest BCUT2D eigenvalue weighted by Gasteiger charge is -2.13. The minimum absolute atomic E-state index is 0.865. The van der Waals surface area contributed by atoms with Gasteiger partial charge >= 0.3 is 0 Å². The first kappa shape index (κ1) is 12.5. The largest absolute Gasteiger partial charge is 0.370 e. The van der Waals surface area contributed by atoms with Gasteiger partial charge in [-0.05, 0) is 25.5 Å². The summed E-state index contributed by atoms with van der Waals surface area (Å²) in [5.74, 6) is 0.946. The first-order valence-electron chi connectivity index (χ1n) is 6.35. The monoisotopic (exact) mass is 242 g/mol. The Bertz CT molecular complexity index is 496. The van der Waals surface area contributed by atoms with Crippen molar-refractivity contribution >= 4 is 5.82 Å². The van der Waals surface area contributed by atoms with E-state index in [4.69, 9.17) is 0 Å². The van der Waals surface area contributed by atoms with Crippen molar-refractivity contribution in [2.75, 3.05) is 11.9 Å². The Morgan fingerprint density at radius 2 is 1.89 bits per heavy atom. The van der Waals surface area contributed by atoms with E-state index in [1.165, 1.54) is 5.56 Å². The predicted molar refractivity (Wildman–Crippen MR) is 73.4 cm³/mol. The average molecular weight is 242 g/mol. The second-order valence-electron chi connectivity index (χ2n) is 4.07. The van der Waals surface area contributed by atoms with Crippen molar-refractivity contribution in [3.63, 3.8) is 0 Å². The van der Waals surface area contributed by atoms with Gasteiger partial charge in [0.1, 0.15) is 12.1 Å². The topological polar surface area (TPSA) is 50.7 Å². The first-order valence-corrected chi connectivity index (χ1v) is 6.35. The van der Waals surface area contributed by atoms with Crippen LogP contribution in [0.15, 0.2) is 30.9 Å². The number of hydrogen-bond acceptors (Lipinski definition) is 4. The number of nitrogens with zero attached hydrogens (tertiary/aromatic N) is 3. The number of nitrogens with one attached hydrogen (secondary N) is 1. The van der Waals surface area contributed by atoms with E-state index in [2.05, 4.69) is 34.1 Å². The molecule has 0 aliphatic carbocycles. The number of aromatic nitrogens is 3. The van der Waals surface area contributed by atoms with Gasteiger partial charge in [-0.1, -0.05) is 13.3 Å². The van der Waals surface area contributed by atoms with E-state index in [1.54, 1.807) is 18.7 Å². The lowest BCUT2D eigenvalue weighted by Crippen LogP contribution is -2.06. The van der Waals surface area contributed by atoms with Crippen LogP contribution < -0.4 is 5.32 Å². The number of anilines is 1. The summed E-state index contributed by atoms with van der Waals surface area (Å²) in [5, 5.41) is 3.30. The quantitative estimate of drug-likeness (QED) is 0.875. The Kier molecular flexibility index (Phi) is 4.23. The van der Waals surface area contributed by atoms with E-state index in [0.717, 1.165) is 36.5 Å². The second kappa shape index (κ2) is 6.10. The van der Waals surface area contributed by atoms with Crippen LogP contribution in [0.3, 0.4) is 0 Å². The van der Waals surface area contributed by atoms with E-state index in [-0.39, 0.29) is 0 Å². The van der Waals surface area contributed by atoms with Crippen LogP contribution in [0.25, 0.3) is 11.3 Å². The summed E-state index contributed by atoms with van der Waals surface area (Å²) < 4.78 is 0. The molecule has 0 aliphatic heterocycles. The van der Waals surface area contributed by atoms with Crippen molar-refractivity contribution in [2.24, 2.45) is 0 Å². The molecule has 0 amide bonds. The zero-order valence-corrected chi connectivity index (χ0v) is 10.8. The van der Waals surface area contributed by atoms with Crippen molar-refractivity contribution < 1.29 is 0 Å². The van der Waals surface area contributed by atoms with E-state index < -0.39 is 0 Å². The van der Waals surface area contributed by atoms with Gasteiger partial charge < -0.3 is 5.32 Å². The molecule has 0 spiro atoms. The summed E-state index contributed by atoms with van der Waals surface area (Å²) in [6.45, 7) is 5.10. The molecule has 0 saturated heterocycles. The molecule has 0 atom stereocenters. The zero-order chi connectivity index (χ0) is 12.8. The predicted octanol–water partition coefficient (Wildman–Crippen LogP) is 2.92. The molecule has 0 saturated carbocycles. The molecule has 18 heavy (non-hydrogen) atoms. The molecule has 0 fully saturated rings. The molecule has 2 heterocycles. The van der Waals surface area contributed by atoms with Gasteiger partial charge in [0.2, 0.25) is 0 Å². The molecule has 0 bridgehead atoms. The van der Waals surface area contributed by atoms with Crippen LogP contribution in [-0.4, -0.2) is 21.5 Å². The highest BCUT2D eigenvalue weighted by atomic mass is 15.0. The molecule has 94 valence electrons.